The number of benzene rings is 2. The molecule has 3 heterocycles. The molecule has 11 heteroatoms. The Morgan fingerprint density at radius 2 is 1.83 bits per heavy atom. The van der Waals surface area contributed by atoms with Crippen LogP contribution < -0.4 is 14.9 Å². The molecule has 3 fully saturated rings. The highest BCUT2D eigenvalue weighted by Gasteiger charge is 2.70. The number of anilines is 1. The number of rotatable bonds is 6. The summed E-state index contributed by atoms with van der Waals surface area (Å²) in [6.45, 7) is 5.81. The number of ether oxygens (including phenoxy) is 1. The number of amides is 3. The largest absolute Gasteiger partial charge is 0.504 e. The molecule has 2 bridgehead atoms. The highest BCUT2D eigenvalue weighted by atomic mass is 32.2. The molecule has 1 aromatic heterocycles. The van der Waals surface area contributed by atoms with Crippen molar-refractivity contribution in [2.75, 3.05) is 11.9 Å². The lowest BCUT2D eigenvalue weighted by Crippen LogP contribution is -2.46. The number of hydrogen-bond acceptors (Lipinski definition) is 8. The van der Waals surface area contributed by atoms with E-state index in [1.54, 1.807) is 36.9 Å². The number of nitrogens with one attached hydrogen (secondary N) is 2. The van der Waals surface area contributed by atoms with E-state index in [0.29, 0.717) is 18.0 Å². The van der Waals surface area contributed by atoms with Gasteiger partial charge in [-0.2, -0.15) is 0 Å². The number of phenolic OH excluding ortho intramolecular Hbond substituents is 1. The smallest absolute Gasteiger partial charge is 0.305 e. The molecule has 9 nitrogen and oxygen atoms in total. The van der Waals surface area contributed by atoms with E-state index < -0.39 is 23.8 Å². The third kappa shape index (κ3) is 4.04. The predicted molar refractivity (Wildman–Crippen MR) is 159 cm³/mol. The quantitative estimate of drug-likeness (QED) is 0.357. The Labute approximate surface area is 250 Å². The van der Waals surface area contributed by atoms with Crippen LogP contribution in [0, 0.1) is 36.5 Å². The Kier molecular flexibility index (Phi) is 6.50. The van der Waals surface area contributed by atoms with Crippen LogP contribution in [0.4, 0.5) is 5.69 Å². The van der Waals surface area contributed by atoms with Crippen molar-refractivity contribution in [2.45, 2.75) is 49.4 Å². The SMILES string of the molecule is CCOc1cc(C2c3sc(=O)[nH]c3SC3C4CC(C5C(=O)N(C(C)C(=O)Nc6ccc(C)cc6)C(=O)C45)C23)ccc1O. The number of fused-ring (bicyclic) bond motifs is 9. The van der Waals surface area contributed by atoms with E-state index >= 15 is 0 Å². The first-order chi connectivity index (χ1) is 20.2. The number of carbonyl (C=O) groups is 3. The Morgan fingerprint density at radius 3 is 2.55 bits per heavy atom. The van der Waals surface area contributed by atoms with Gasteiger partial charge in [-0.1, -0.05) is 35.1 Å². The molecule has 7 rings (SSSR count). The topological polar surface area (TPSA) is 129 Å². The van der Waals surface area contributed by atoms with Crippen molar-refractivity contribution in [3.8, 4) is 11.5 Å². The van der Waals surface area contributed by atoms with Crippen LogP contribution in [0.1, 0.15) is 42.2 Å². The number of hydrogen-bond donors (Lipinski definition) is 3. The number of thiazole rings is 1. The number of imide groups is 1. The summed E-state index contributed by atoms with van der Waals surface area (Å²) in [5, 5.41) is 14.1. The fraction of sp³-hybridized carbons (Fsp3) is 0.419. The van der Waals surface area contributed by atoms with Crippen molar-refractivity contribution in [1.29, 1.82) is 0 Å². The predicted octanol–water partition coefficient (Wildman–Crippen LogP) is 4.35. The molecule has 3 N–H and O–H groups in total. The average Bonchev–Trinajstić information content (AvgIpc) is 3.70. The highest BCUT2D eigenvalue weighted by Crippen LogP contribution is 2.68. The Bertz CT molecular complexity index is 1670. The number of phenols is 1. The molecule has 0 radical (unpaired) electrons. The first kappa shape index (κ1) is 27.3. The van der Waals surface area contributed by atoms with Gasteiger partial charge in [-0.05, 0) is 74.8 Å². The number of thioether (sulfide) groups is 1. The molecule has 42 heavy (non-hydrogen) atoms. The van der Waals surface area contributed by atoms with Gasteiger partial charge in [0.2, 0.25) is 17.7 Å². The van der Waals surface area contributed by atoms with Gasteiger partial charge in [-0.3, -0.25) is 24.1 Å². The van der Waals surface area contributed by atoms with Gasteiger partial charge in [0.25, 0.3) is 0 Å². The number of H-pyrrole nitrogens is 1. The lowest BCUT2D eigenvalue weighted by Gasteiger charge is -2.43. The molecule has 2 aromatic carbocycles. The second-order valence-corrected chi connectivity index (χ2v) is 13.9. The minimum absolute atomic E-state index is 0.00705. The molecule has 2 aliphatic heterocycles. The standard InChI is InChI=1S/C31H31N3O6S2/c1-4-40-20-11-15(7-10-19(20)35)21-22-17-12-18(25(22)41-28-26(21)42-31(39)33-28)24-23(17)29(37)34(30(24)38)14(3)27(36)32-16-8-5-13(2)6-9-16/h5-11,14,17-18,21-25,35H,4,12H2,1-3H3,(H,32,36)(H,33,39). The summed E-state index contributed by atoms with van der Waals surface area (Å²) in [7, 11) is 0. The lowest BCUT2D eigenvalue weighted by molar-refractivity contribution is -0.146. The van der Waals surface area contributed by atoms with Crippen LogP contribution in [0.3, 0.4) is 0 Å². The molecule has 0 spiro atoms. The maximum Gasteiger partial charge on any atom is 0.305 e. The van der Waals surface area contributed by atoms with Crippen LogP contribution in [-0.2, 0) is 14.4 Å². The maximum absolute atomic E-state index is 14.0. The monoisotopic (exact) mass is 605 g/mol. The van der Waals surface area contributed by atoms with Crippen molar-refractivity contribution in [3.63, 3.8) is 0 Å². The molecule has 8 atom stereocenters. The average molecular weight is 606 g/mol. The minimum atomic E-state index is -0.939. The summed E-state index contributed by atoms with van der Waals surface area (Å²) in [5.74, 6) is -1.81. The molecular weight excluding hydrogens is 574 g/mol. The van der Waals surface area contributed by atoms with E-state index in [2.05, 4.69) is 10.3 Å². The van der Waals surface area contributed by atoms with Gasteiger partial charge in [-0.15, -0.1) is 11.8 Å². The minimum Gasteiger partial charge on any atom is -0.504 e. The van der Waals surface area contributed by atoms with Crippen molar-refractivity contribution in [1.82, 2.24) is 9.88 Å². The van der Waals surface area contributed by atoms with E-state index in [9.17, 15) is 24.3 Å². The fourth-order valence-electron chi connectivity index (χ4n) is 7.79. The van der Waals surface area contributed by atoms with Gasteiger partial charge >= 0.3 is 4.87 Å². The van der Waals surface area contributed by atoms with Gasteiger partial charge in [0.05, 0.1) is 23.5 Å². The number of likely N-dealkylation sites (tertiary alicyclic amines) is 1. The van der Waals surface area contributed by atoms with Gasteiger partial charge in [0.1, 0.15) is 6.04 Å². The Morgan fingerprint density at radius 1 is 1.12 bits per heavy atom. The van der Waals surface area contributed by atoms with E-state index in [0.717, 1.165) is 27.5 Å². The van der Waals surface area contributed by atoms with Crippen LogP contribution in [-0.4, -0.2) is 50.6 Å². The lowest BCUT2D eigenvalue weighted by atomic mass is 9.68. The molecular formula is C31H31N3O6S2. The van der Waals surface area contributed by atoms with Crippen LogP contribution >= 0.6 is 23.1 Å². The fourth-order valence-corrected chi connectivity index (χ4v) is 10.7. The number of aromatic amines is 1. The van der Waals surface area contributed by atoms with Gasteiger partial charge in [0, 0.05) is 21.7 Å². The molecule has 2 saturated carbocycles. The molecule has 1 saturated heterocycles. The second-order valence-electron chi connectivity index (χ2n) is 11.7. The summed E-state index contributed by atoms with van der Waals surface area (Å²) < 4.78 is 5.68. The Hall–Kier alpha value is -3.57. The second kappa shape index (κ2) is 10.0. The molecule has 3 aromatic rings. The summed E-state index contributed by atoms with van der Waals surface area (Å²) >= 11 is 2.79. The van der Waals surface area contributed by atoms with Crippen molar-refractivity contribution in [3.05, 3.63) is 68.1 Å². The summed E-state index contributed by atoms with van der Waals surface area (Å²) in [5.41, 5.74) is 2.58. The van der Waals surface area contributed by atoms with Crippen molar-refractivity contribution < 1.29 is 24.2 Å². The zero-order chi connectivity index (χ0) is 29.4. The number of aryl methyl sites for hydroxylation is 1. The van der Waals surface area contributed by atoms with Crippen molar-refractivity contribution >= 4 is 46.5 Å². The first-order valence-corrected chi connectivity index (χ1v) is 16.0. The molecule has 8 unspecified atom stereocenters. The molecule has 3 amide bonds. The number of carbonyl (C=O) groups excluding carboxylic acids is 3. The third-order valence-electron chi connectivity index (χ3n) is 9.49. The van der Waals surface area contributed by atoms with Crippen LogP contribution in [0.2, 0.25) is 0 Å². The first-order valence-electron chi connectivity index (χ1n) is 14.3. The summed E-state index contributed by atoms with van der Waals surface area (Å²) in [6.07, 6.45) is 0.749. The Balaban J connectivity index is 1.22. The molecule has 4 aliphatic rings. The van der Waals surface area contributed by atoms with Gasteiger partial charge < -0.3 is 20.1 Å². The van der Waals surface area contributed by atoms with Crippen LogP contribution in [0.25, 0.3) is 0 Å². The van der Waals surface area contributed by atoms with Crippen LogP contribution in [0.15, 0.2) is 52.3 Å². The highest BCUT2D eigenvalue weighted by molar-refractivity contribution is 8.00. The van der Waals surface area contributed by atoms with Crippen LogP contribution in [0.5, 0.6) is 11.5 Å². The zero-order valence-corrected chi connectivity index (χ0v) is 25.0. The zero-order valence-electron chi connectivity index (χ0n) is 23.3. The number of aromatic hydroxyl groups is 1. The molecule has 2 aliphatic carbocycles. The van der Waals surface area contributed by atoms with Gasteiger partial charge in [-0.25, -0.2) is 0 Å². The molecule has 218 valence electrons. The van der Waals surface area contributed by atoms with Gasteiger partial charge in [0.15, 0.2) is 11.5 Å². The number of aromatic nitrogens is 1. The normalized spacial score (nSPS) is 29.7. The van der Waals surface area contributed by atoms with E-state index in [1.165, 1.54) is 16.2 Å². The maximum atomic E-state index is 14.0. The third-order valence-corrected chi connectivity index (χ3v) is 12.1. The van der Waals surface area contributed by atoms with Crippen molar-refractivity contribution in [2.24, 2.45) is 29.6 Å². The number of nitrogens with zero attached hydrogens (tertiary/aromatic N) is 1. The van der Waals surface area contributed by atoms with E-state index in [4.69, 9.17) is 4.74 Å². The van der Waals surface area contributed by atoms with E-state index in [-0.39, 0.29) is 51.4 Å². The summed E-state index contributed by atoms with van der Waals surface area (Å²) in [4.78, 5) is 58.6. The van der Waals surface area contributed by atoms with E-state index in [1.807, 2.05) is 38.1 Å². The summed E-state index contributed by atoms with van der Waals surface area (Å²) in [6, 6.07) is 11.7.